The molecule has 1 aliphatic carbocycles. The van der Waals surface area contributed by atoms with Gasteiger partial charge in [0.1, 0.15) is 57.8 Å². The van der Waals surface area contributed by atoms with Gasteiger partial charge in [0.25, 0.3) is 0 Å². The summed E-state index contributed by atoms with van der Waals surface area (Å²) in [7, 11) is 0. The fourth-order valence-electron chi connectivity index (χ4n) is 9.12. The van der Waals surface area contributed by atoms with E-state index in [-0.39, 0.29) is 87.7 Å². The molecular weight excluding hydrogens is 876 g/mol. The Bertz CT molecular complexity index is 2070. The van der Waals surface area contributed by atoms with Crippen molar-refractivity contribution in [3.63, 3.8) is 0 Å². The molecule has 2 aromatic rings. The van der Waals surface area contributed by atoms with E-state index in [1.54, 1.807) is 13.0 Å². The van der Waals surface area contributed by atoms with Crippen LogP contribution in [0.5, 0.6) is 5.75 Å². The summed E-state index contributed by atoms with van der Waals surface area (Å²) >= 11 is 0. The minimum Gasteiger partial charge on any atom is -0.492 e. The summed E-state index contributed by atoms with van der Waals surface area (Å²) in [5.74, 6) is -1.11. The fraction of sp³-hybridized carbons (Fsp3) is 0.574. The predicted molar refractivity (Wildman–Crippen MR) is 253 cm³/mol. The molecule has 372 valence electrons. The van der Waals surface area contributed by atoms with Gasteiger partial charge in [0, 0.05) is 34.1 Å². The van der Waals surface area contributed by atoms with Gasteiger partial charge >= 0.3 is 30.2 Å². The highest BCUT2D eigenvalue weighted by Gasteiger charge is 2.40. The van der Waals surface area contributed by atoms with Gasteiger partial charge in [-0.3, -0.25) is 0 Å². The van der Waals surface area contributed by atoms with Gasteiger partial charge in [-0.15, -0.1) is 0 Å². The van der Waals surface area contributed by atoms with E-state index >= 15 is 4.39 Å². The second-order valence-corrected chi connectivity index (χ2v) is 19.2. The quantitative estimate of drug-likeness (QED) is 0.0380. The first kappa shape index (κ1) is 53.3. The van der Waals surface area contributed by atoms with E-state index in [0.717, 1.165) is 42.7 Å². The summed E-state index contributed by atoms with van der Waals surface area (Å²) in [6.45, 7) is 17.8. The summed E-state index contributed by atoms with van der Waals surface area (Å²) in [6, 6.07) is 9.41. The number of halogens is 1. The Labute approximate surface area is 401 Å². The van der Waals surface area contributed by atoms with Crippen LogP contribution >= 0.6 is 0 Å². The van der Waals surface area contributed by atoms with E-state index in [9.17, 15) is 24.0 Å². The third-order valence-corrected chi connectivity index (χ3v) is 13.0. The van der Waals surface area contributed by atoms with E-state index in [0.29, 0.717) is 60.5 Å². The number of carbonyl (C=O) groups is 5. The van der Waals surface area contributed by atoms with Gasteiger partial charge in [0.2, 0.25) is 0 Å². The van der Waals surface area contributed by atoms with Crippen LogP contribution in [0.1, 0.15) is 127 Å². The summed E-state index contributed by atoms with van der Waals surface area (Å²) in [6.07, 6.45) is 10.5. The Morgan fingerprint density at radius 2 is 1.19 bits per heavy atom. The lowest BCUT2D eigenvalue weighted by atomic mass is 9.77. The molecule has 13 nitrogen and oxygen atoms in total. The Morgan fingerprint density at radius 1 is 0.662 bits per heavy atom. The van der Waals surface area contributed by atoms with Crippen LogP contribution < -0.4 is 4.74 Å². The Balaban J connectivity index is 1.54. The lowest BCUT2D eigenvalue weighted by Gasteiger charge is -2.36. The largest absolute Gasteiger partial charge is 0.508 e. The third-order valence-electron chi connectivity index (χ3n) is 13.0. The van der Waals surface area contributed by atoms with Crippen LogP contribution in [0.25, 0.3) is 11.1 Å². The van der Waals surface area contributed by atoms with Crippen LogP contribution in [0.2, 0.25) is 0 Å². The van der Waals surface area contributed by atoms with Gasteiger partial charge in [-0.25, -0.2) is 28.4 Å². The van der Waals surface area contributed by atoms with E-state index in [1.807, 2.05) is 24.3 Å². The van der Waals surface area contributed by atoms with Crippen molar-refractivity contribution in [3.05, 3.63) is 89.3 Å². The molecule has 3 aliphatic rings. The molecule has 14 heteroatoms. The van der Waals surface area contributed by atoms with Crippen molar-refractivity contribution in [1.82, 2.24) is 0 Å². The van der Waals surface area contributed by atoms with Gasteiger partial charge in [-0.2, -0.15) is 0 Å². The molecule has 0 atom stereocenters. The SMILES string of the molecule is C=C(C)C(=O)OCCCc1cc(-c2ccc(C3CCC(CCCCC)CC3)cc2F)cc(CCCC2COC(=O)OC2)c1OCC(COC(=O)C(=C)C)(COC(=O)C(=C)C)CC1COC(=O)OC1. The number of hydrogen-bond acceptors (Lipinski definition) is 13. The van der Waals surface area contributed by atoms with Gasteiger partial charge in [-0.05, 0) is 137 Å². The van der Waals surface area contributed by atoms with Gasteiger partial charge < -0.3 is 37.9 Å². The first-order valence-corrected chi connectivity index (χ1v) is 24.2. The van der Waals surface area contributed by atoms with Gasteiger partial charge in [0.05, 0.1) is 12.0 Å². The molecule has 1 saturated carbocycles. The Hall–Kier alpha value is -5.66. The molecule has 0 bridgehead atoms. The molecule has 2 aliphatic heterocycles. The van der Waals surface area contributed by atoms with Crippen molar-refractivity contribution in [1.29, 1.82) is 0 Å². The van der Waals surface area contributed by atoms with Crippen LogP contribution in [0.4, 0.5) is 14.0 Å². The highest BCUT2D eigenvalue weighted by atomic mass is 19.1. The predicted octanol–water partition coefficient (Wildman–Crippen LogP) is 11.3. The molecule has 2 heterocycles. The number of rotatable bonds is 26. The number of esters is 3. The van der Waals surface area contributed by atoms with Crippen molar-refractivity contribution in [2.24, 2.45) is 23.2 Å². The second-order valence-electron chi connectivity index (χ2n) is 19.2. The number of hydrogen-bond donors (Lipinski definition) is 0. The minimum absolute atomic E-state index is 0.00239. The summed E-state index contributed by atoms with van der Waals surface area (Å²) in [4.78, 5) is 61.8. The van der Waals surface area contributed by atoms with Crippen molar-refractivity contribution < 1.29 is 66.3 Å². The molecule has 0 radical (unpaired) electrons. The average Bonchev–Trinajstić information content (AvgIpc) is 3.32. The molecule has 2 aromatic carbocycles. The lowest BCUT2D eigenvalue weighted by molar-refractivity contribution is -0.153. The van der Waals surface area contributed by atoms with Crippen molar-refractivity contribution in [3.8, 4) is 16.9 Å². The zero-order valence-corrected chi connectivity index (χ0v) is 40.6. The molecule has 0 spiro atoms. The fourth-order valence-corrected chi connectivity index (χ4v) is 9.12. The van der Waals surface area contributed by atoms with E-state index in [2.05, 4.69) is 26.7 Å². The molecule has 3 fully saturated rings. The van der Waals surface area contributed by atoms with E-state index in [1.165, 1.54) is 39.5 Å². The minimum atomic E-state index is -1.22. The average molecular weight is 947 g/mol. The molecule has 0 unspecified atom stereocenters. The number of ether oxygens (including phenoxy) is 8. The van der Waals surface area contributed by atoms with Crippen LogP contribution in [0.15, 0.2) is 66.8 Å². The Kier molecular flexibility index (Phi) is 20.5. The normalized spacial score (nSPS) is 17.7. The highest BCUT2D eigenvalue weighted by molar-refractivity contribution is 5.87. The zero-order valence-electron chi connectivity index (χ0n) is 40.6. The van der Waals surface area contributed by atoms with E-state index < -0.39 is 41.6 Å². The number of carbonyl (C=O) groups excluding carboxylic acids is 5. The smallest absolute Gasteiger partial charge is 0.492 e. The topological polar surface area (TPSA) is 159 Å². The first-order chi connectivity index (χ1) is 32.6. The molecule has 5 rings (SSSR count). The van der Waals surface area contributed by atoms with Gasteiger partial charge in [-0.1, -0.05) is 64.5 Å². The molecule has 0 N–H and O–H groups in total. The van der Waals surface area contributed by atoms with Gasteiger partial charge in [0.15, 0.2) is 0 Å². The van der Waals surface area contributed by atoms with E-state index in [4.69, 9.17) is 37.9 Å². The molecule has 2 saturated heterocycles. The zero-order chi connectivity index (χ0) is 49.2. The monoisotopic (exact) mass is 946 g/mol. The number of aryl methyl sites for hydroxylation is 2. The molecule has 0 amide bonds. The highest BCUT2D eigenvalue weighted by Crippen LogP contribution is 2.41. The van der Waals surface area contributed by atoms with Crippen molar-refractivity contribution in [2.75, 3.05) is 52.9 Å². The standard InChI is InChI=1S/C54H71FO13/c1-8-9-10-13-38-17-19-41(20-18-38)42-21-22-46(47(55)26-42)45-24-43(15-11-14-39-28-62-52(59)63-29-39)48(44(25-45)16-12-23-61-49(56)35(2)3)66-32-54(33-67-50(57)36(4)5,34-68-51(58)37(6)7)27-40-30-64-53(60)65-31-40/h21-22,24-26,38-41H,2,4,6,8-20,23,27-34H2,1,3,5,7H3. The number of benzene rings is 2. The van der Waals surface area contributed by atoms with Crippen LogP contribution in [0, 0.1) is 29.0 Å². The van der Waals surface area contributed by atoms with Crippen molar-refractivity contribution in [2.45, 2.75) is 124 Å². The molecule has 0 aromatic heterocycles. The van der Waals surface area contributed by atoms with Crippen LogP contribution in [-0.4, -0.2) is 83.1 Å². The first-order valence-electron chi connectivity index (χ1n) is 24.2. The van der Waals surface area contributed by atoms with Crippen LogP contribution in [-0.2, 0) is 60.4 Å². The van der Waals surface area contributed by atoms with Crippen molar-refractivity contribution >= 4 is 30.2 Å². The maximum atomic E-state index is 16.6. The molecule has 68 heavy (non-hydrogen) atoms. The number of unbranched alkanes of at least 4 members (excludes halogenated alkanes) is 2. The maximum Gasteiger partial charge on any atom is 0.508 e. The van der Waals surface area contributed by atoms with Crippen LogP contribution in [0.3, 0.4) is 0 Å². The lowest BCUT2D eigenvalue weighted by Crippen LogP contribution is -2.44. The summed E-state index contributed by atoms with van der Waals surface area (Å²) < 4.78 is 61.3. The summed E-state index contributed by atoms with van der Waals surface area (Å²) in [5, 5.41) is 0. The maximum absolute atomic E-state index is 16.6. The second kappa shape index (κ2) is 26.2. The third kappa shape index (κ3) is 16.3. The molecular formula is C54H71FO13. The number of cyclic esters (lactones) is 4. The summed E-state index contributed by atoms with van der Waals surface area (Å²) in [5.41, 5.74) is 2.87. The Morgan fingerprint density at radius 3 is 1.74 bits per heavy atom.